The normalized spacial score (nSPS) is 19.6. The van der Waals surface area contributed by atoms with Gasteiger partial charge in [-0.05, 0) is 68.4 Å². The highest BCUT2D eigenvalue weighted by atomic mass is 16.5. The molecule has 0 aliphatic carbocycles. The van der Waals surface area contributed by atoms with Crippen LogP contribution in [0.1, 0.15) is 43.7 Å². The molecule has 4 heteroatoms. The van der Waals surface area contributed by atoms with Crippen LogP contribution in [0.25, 0.3) is 0 Å². The van der Waals surface area contributed by atoms with Crippen molar-refractivity contribution in [1.29, 1.82) is 0 Å². The first-order chi connectivity index (χ1) is 12.2. The number of allylic oxidation sites excluding steroid dienone is 2. The zero-order chi connectivity index (χ0) is 17.5. The number of rotatable bonds is 8. The second kappa shape index (κ2) is 8.56. The number of hydrogen-bond donors (Lipinski definition) is 0. The van der Waals surface area contributed by atoms with Crippen molar-refractivity contribution in [2.45, 2.75) is 51.6 Å². The van der Waals surface area contributed by atoms with Crippen molar-refractivity contribution in [3.8, 4) is 0 Å². The van der Waals surface area contributed by atoms with Gasteiger partial charge in [0.2, 0.25) is 0 Å². The molecule has 1 fully saturated rings. The van der Waals surface area contributed by atoms with Gasteiger partial charge in [0.05, 0.1) is 25.1 Å². The van der Waals surface area contributed by atoms with Gasteiger partial charge in [0.25, 0.3) is 0 Å². The van der Waals surface area contributed by atoms with Crippen molar-refractivity contribution in [2.24, 2.45) is 0 Å². The first-order valence-corrected chi connectivity index (χ1v) is 8.80. The molecule has 3 heterocycles. The van der Waals surface area contributed by atoms with E-state index in [0.717, 1.165) is 43.2 Å². The van der Waals surface area contributed by atoms with Gasteiger partial charge in [-0.2, -0.15) is 0 Å². The predicted octanol–water partition coefficient (Wildman–Crippen LogP) is 5.02. The van der Waals surface area contributed by atoms with Crippen LogP contribution in [-0.2, 0) is 22.4 Å². The van der Waals surface area contributed by atoms with Crippen molar-refractivity contribution in [1.82, 2.24) is 0 Å². The molecule has 132 valence electrons. The number of ether oxygens (including phenoxy) is 1. The lowest BCUT2D eigenvalue weighted by Crippen LogP contribution is -2.03. The minimum Gasteiger partial charge on any atom is -0.472 e. The van der Waals surface area contributed by atoms with E-state index in [0.29, 0.717) is 6.42 Å². The lowest BCUT2D eigenvalue weighted by Gasteiger charge is -2.05. The van der Waals surface area contributed by atoms with Crippen molar-refractivity contribution >= 4 is 5.97 Å². The molecule has 0 N–H and O–H groups in total. The molecule has 2 aromatic heterocycles. The average molecular weight is 340 g/mol. The summed E-state index contributed by atoms with van der Waals surface area (Å²) in [7, 11) is 0. The van der Waals surface area contributed by atoms with Crippen molar-refractivity contribution in [3.63, 3.8) is 0 Å². The highest BCUT2D eigenvalue weighted by Gasteiger charge is 2.26. The Balaban J connectivity index is 1.44. The van der Waals surface area contributed by atoms with Crippen LogP contribution in [0, 0.1) is 0 Å². The van der Waals surface area contributed by atoms with Crippen LogP contribution < -0.4 is 0 Å². The minimum absolute atomic E-state index is 0.124. The molecule has 4 nitrogen and oxygen atoms in total. The van der Waals surface area contributed by atoms with Gasteiger partial charge < -0.3 is 13.6 Å². The van der Waals surface area contributed by atoms with E-state index >= 15 is 0 Å². The monoisotopic (exact) mass is 340 g/mol. The number of aryl methyl sites for hydroxylation is 2. The molecular weight excluding hydrogens is 316 g/mol. The van der Waals surface area contributed by atoms with Gasteiger partial charge in [-0.15, -0.1) is 0 Å². The van der Waals surface area contributed by atoms with Crippen LogP contribution in [0.4, 0.5) is 0 Å². The molecule has 0 saturated carbocycles. The smallest absolute Gasteiger partial charge is 0.334 e. The number of carbonyl (C=O) groups is 1. The summed E-state index contributed by atoms with van der Waals surface area (Å²) in [4.78, 5) is 12.0. The fourth-order valence-corrected chi connectivity index (χ4v) is 3.07. The predicted molar refractivity (Wildman–Crippen MR) is 95.0 cm³/mol. The zero-order valence-corrected chi connectivity index (χ0v) is 14.6. The number of esters is 1. The van der Waals surface area contributed by atoms with E-state index in [1.54, 1.807) is 25.1 Å². The van der Waals surface area contributed by atoms with Crippen LogP contribution in [0.15, 0.2) is 69.3 Å². The third kappa shape index (κ3) is 5.24. The maximum Gasteiger partial charge on any atom is 0.334 e. The van der Waals surface area contributed by atoms with E-state index in [9.17, 15) is 4.79 Å². The van der Waals surface area contributed by atoms with E-state index in [1.165, 1.54) is 11.1 Å². The lowest BCUT2D eigenvalue weighted by atomic mass is 10.0. The Kier molecular flexibility index (Phi) is 5.94. The first-order valence-electron chi connectivity index (χ1n) is 8.80. The lowest BCUT2D eigenvalue weighted by molar-refractivity contribution is -0.137. The van der Waals surface area contributed by atoms with Crippen LogP contribution >= 0.6 is 0 Å². The molecule has 0 spiro atoms. The SMILES string of the molecule is C/C(=C\C1C/C(=C\CCc2ccoc2)C(=O)O1)CCCc1ccoc1. The van der Waals surface area contributed by atoms with Crippen molar-refractivity contribution < 1.29 is 18.4 Å². The molecule has 3 rings (SSSR count). The molecule has 0 bridgehead atoms. The third-order valence-electron chi connectivity index (χ3n) is 4.43. The van der Waals surface area contributed by atoms with Crippen LogP contribution in [-0.4, -0.2) is 12.1 Å². The molecule has 1 aliphatic rings. The molecule has 0 radical (unpaired) electrons. The van der Waals surface area contributed by atoms with Crippen molar-refractivity contribution in [3.05, 3.63) is 71.6 Å². The molecule has 1 atom stereocenters. The molecular formula is C21H24O4. The van der Waals surface area contributed by atoms with E-state index < -0.39 is 0 Å². The zero-order valence-electron chi connectivity index (χ0n) is 14.6. The van der Waals surface area contributed by atoms with Gasteiger partial charge in [0, 0.05) is 12.0 Å². The summed E-state index contributed by atoms with van der Waals surface area (Å²) in [6.07, 6.45) is 16.3. The number of hydrogen-bond acceptors (Lipinski definition) is 4. The molecule has 1 unspecified atom stereocenters. The van der Waals surface area contributed by atoms with E-state index in [4.69, 9.17) is 13.6 Å². The summed E-state index contributed by atoms with van der Waals surface area (Å²) < 4.78 is 15.6. The Morgan fingerprint density at radius 3 is 2.56 bits per heavy atom. The standard InChI is InChI=1S/C21H24O4/c1-16(4-2-5-17-8-10-23-14-17)12-20-13-19(21(22)25-20)7-3-6-18-9-11-24-15-18/h7-12,14-15,20H,2-6,13H2,1H3/b16-12+,19-7+. The number of cyclic esters (lactones) is 1. The van der Waals surface area contributed by atoms with E-state index in [-0.39, 0.29) is 12.1 Å². The highest BCUT2D eigenvalue weighted by molar-refractivity contribution is 5.90. The largest absolute Gasteiger partial charge is 0.472 e. The first kappa shape index (κ1) is 17.3. The summed E-state index contributed by atoms with van der Waals surface area (Å²) in [6.45, 7) is 2.10. The minimum atomic E-state index is -0.181. The average Bonchev–Trinajstić information content (AvgIpc) is 3.31. The molecule has 0 amide bonds. The summed E-state index contributed by atoms with van der Waals surface area (Å²) >= 11 is 0. The topological polar surface area (TPSA) is 52.6 Å². The Morgan fingerprint density at radius 2 is 1.88 bits per heavy atom. The second-order valence-corrected chi connectivity index (χ2v) is 6.55. The number of furan rings is 2. The van der Waals surface area contributed by atoms with Gasteiger partial charge >= 0.3 is 5.97 Å². The fourth-order valence-electron chi connectivity index (χ4n) is 3.07. The van der Waals surface area contributed by atoms with E-state index in [1.807, 2.05) is 18.2 Å². The van der Waals surface area contributed by atoms with Gasteiger partial charge in [-0.25, -0.2) is 4.79 Å². The fraction of sp³-hybridized carbons (Fsp3) is 0.381. The van der Waals surface area contributed by atoms with Gasteiger partial charge in [-0.3, -0.25) is 0 Å². The Hall–Kier alpha value is -2.49. The van der Waals surface area contributed by atoms with E-state index in [2.05, 4.69) is 13.0 Å². The highest BCUT2D eigenvalue weighted by Crippen LogP contribution is 2.24. The van der Waals surface area contributed by atoms with Gasteiger partial charge in [0.1, 0.15) is 6.10 Å². The summed E-state index contributed by atoms with van der Waals surface area (Å²) in [5, 5.41) is 0. The van der Waals surface area contributed by atoms with Crippen LogP contribution in [0.2, 0.25) is 0 Å². The van der Waals surface area contributed by atoms with Crippen LogP contribution in [0.3, 0.4) is 0 Å². The molecule has 2 aromatic rings. The van der Waals surface area contributed by atoms with Crippen molar-refractivity contribution in [2.75, 3.05) is 0 Å². The van der Waals surface area contributed by atoms with Crippen LogP contribution in [0.5, 0.6) is 0 Å². The number of carbonyl (C=O) groups excluding carboxylic acids is 1. The third-order valence-corrected chi connectivity index (χ3v) is 4.43. The Bertz CT molecular complexity index is 720. The Labute approximate surface area is 148 Å². The molecule has 0 aromatic carbocycles. The molecule has 25 heavy (non-hydrogen) atoms. The maximum atomic E-state index is 12.0. The molecule has 1 saturated heterocycles. The summed E-state index contributed by atoms with van der Waals surface area (Å²) in [5.41, 5.74) is 4.42. The van der Waals surface area contributed by atoms with Gasteiger partial charge in [-0.1, -0.05) is 11.6 Å². The summed E-state index contributed by atoms with van der Waals surface area (Å²) in [5.74, 6) is -0.181. The summed E-state index contributed by atoms with van der Waals surface area (Å²) in [6, 6.07) is 3.95. The Morgan fingerprint density at radius 1 is 1.16 bits per heavy atom. The molecule has 1 aliphatic heterocycles. The maximum absolute atomic E-state index is 12.0. The second-order valence-electron chi connectivity index (χ2n) is 6.55. The van der Waals surface area contributed by atoms with Gasteiger partial charge in [0.15, 0.2) is 0 Å². The quantitative estimate of drug-likeness (QED) is 0.385.